The molecule has 0 saturated carbocycles. The molecule has 0 fully saturated rings. The summed E-state index contributed by atoms with van der Waals surface area (Å²) in [4.78, 5) is 11.1. The normalized spacial score (nSPS) is 12.1. The Labute approximate surface area is 211 Å². The van der Waals surface area contributed by atoms with Crippen molar-refractivity contribution in [1.29, 1.82) is 0 Å². The first-order chi connectivity index (χ1) is 16.9. The first-order valence-electron chi connectivity index (χ1n) is 11.4. The number of rotatable bonds is 10. The molecule has 3 aromatic rings. The predicted molar refractivity (Wildman–Crippen MR) is 140 cm³/mol. The molecular formula is C27H32ClN4O3+. The summed E-state index contributed by atoms with van der Waals surface area (Å²) in [5.74, 6) is 1.37. The lowest BCUT2D eigenvalue weighted by Crippen LogP contribution is -2.55. The third-order valence-electron chi connectivity index (χ3n) is 5.50. The second-order valence-corrected chi connectivity index (χ2v) is 8.30. The van der Waals surface area contributed by atoms with Crippen LogP contribution in [0.4, 0.5) is 5.69 Å². The van der Waals surface area contributed by atoms with Gasteiger partial charge in [0.1, 0.15) is 34.7 Å². The van der Waals surface area contributed by atoms with Crippen LogP contribution in [-0.4, -0.2) is 42.4 Å². The summed E-state index contributed by atoms with van der Waals surface area (Å²) in [6, 6.07) is 9.39. The number of pyridine rings is 1. The van der Waals surface area contributed by atoms with Crippen molar-refractivity contribution in [2.45, 2.75) is 19.8 Å². The molecule has 0 saturated heterocycles. The van der Waals surface area contributed by atoms with Gasteiger partial charge in [0, 0.05) is 54.5 Å². The van der Waals surface area contributed by atoms with Gasteiger partial charge in [-0.3, -0.25) is 0 Å². The molecule has 2 aromatic heterocycles. The molecule has 0 unspecified atom stereocenters. The standard InChI is InChI=1S/C27H32ClN4O3/c1-6-8-21(32(11-7-12-33)22-14-23(34-4)17-24(15-22)35-5)16-25-19(2)31(3)18-26(30-25)20-9-10-29-27(28)13-20/h8-10,13-18,33H,2,6-7,11-12H2,1,3-5H3/q+1. The van der Waals surface area contributed by atoms with E-state index in [9.17, 15) is 5.11 Å². The largest absolute Gasteiger partial charge is 0.497 e. The summed E-state index contributed by atoms with van der Waals surface area (Å²) in [5, 5.41) is 11.5. The van der Waals surface area contributed by atoms with Crippen LogP contribution in [0.2, 0.25) is 5.15 Å². The molecule has 7 nitrogen and oxygen atoms in total. The monoisotopic (exact) mass is 495 g/mol. The highest BCUT2D eigenvalue weighted by atomic mass is 35.5. The van der Waals surface area contributed by atoms with E-state index in [0.717, 1.165) is 39.8 Å². The second kappa shape index (κ2) is 12.3. The Morgan fingerprint density at radius 2 is 1.91 bits per heavy atom. The Balaban J connectivity index is 2.20. The van der Waals surface area contributed by atoms with Crippen LogP contribution in [0.5, 0.6) is 11.5 Å². The minimum atomic E-state index is 0.0725. The molecule has 184 valence electrons. The van der Waals surface area contributed by atoms with E-state index in [1.54, 1.807) is 26.5 Å². The Hall–Kier alpha value is -3.42. The number of allylic oxidation sites excluding steroid dienone is 2. The summed E-state index contributed by atoms with van der Waals surface area (Å²) in [6.07, 6.45) is 9.12. The summed E-state index contributed by atoms with van der Waals surface area (Å²) in [7, 11) is 5.19. The van der Waals surface area contributed by atoms with Crippen molar-refractivity contribution in [3.05, 3.63) is 70.3 Å². The number of ether oxygens (including phenoxy) is 2. The van der Waals surface area contributed by atoms with Gasteiger partial charge in [-0.1, -0.05) is 24.6 Å². The van der Waals surface area contributed by atoms with Crippen molar-refractivity contribution in [2.24, 2.45) is 7.05 Å². The highest BCUT2D eigenvalue weighted by molar-refractivity contribution is 6.29. The molecule has 2 heterocycles. The lowest BCUT2D eigenvalue weighted by molar-refractivity contribution is -0.685. The minimum Gasteiger partial charge on any atom is -0.497 e. The first-order valence-corrected chi connectivity index (χ1v) is 11.8. The van der Waals surface area contributed by atoms with Crippen LogP contribution in [0, 0.1) is 0 Å². The maximum absolute atomic E-state index is 9.58. The van der Waals surface area contributed by atoms with Crippen molar-refractivity contribution in [1.82, 2.24) is 9.97 Å². The number of nitrogens with zero attached hydrogens (tertiary/aromatic N) is 4. The number of aromatic nitrogens is 3. The van der Waals surface area contributed by atoms with Gasteiger partial charge in [-0.15, -0.1) is 0 Å². The molecule has 0 aliphatic rings. The third-order valence-corrected chi connectivity index (χ3v) is 5.70. The van der Waals surface area contributed by atoms with E-state index in [4.69, 9.17) is 26.1 Å². The van der Waals surface area contributed by atoms with E-state index >= 15 is 0 Å². The number of methoxy groups -OCH3 is 2. The molecule has 0 radical (unpaired) electrons. The molecule has 3 rings (SSSR count). The Kier molecular flexibility index (Phi) is 9.23. The van der Waals surface area contributed by atoms with E-state index in [0.29, 0.717) is 29.6 Å². The number of benzene rings is 1. The zero-order valence-electron chi connectivity index (χ0n) is 20.7. The third kappa shape index (κ3) is 6.59. The van der Waals surface area contributed by atoms with Gasteiger partial charge in [-0.2, -0.15) is 4.57 Å². The van der Waals surface area contributed by atoms with Crippen molar-refractivity contribution in [2.75, 3.05) is 32.3 Å². The number of halogens is 1. The number of aliphatic hydroxyl groups is 1. The van der Waals surface area contributed by atoms with E-state index in [1.165, 1.54) is 0 Å². The fraction of sp³-hybridized carbons (Fsp3) is 0.296. The molecule has 1 N–H and O–H groups in total. The molecule has 1 aromatic carbocycles. The Morgan fingerprint density at radius 1 is 1.20 bits per heavy atom. The number of anilines is 1. The zero-order valence-corrected chi connectivity index (χ0v) is 21.4. The lowest BCUT2D eigenvalue weighted by atomic mass is 10.2. The van der Waals surface area contributed by atoms with E-state index < -0.39 is 0 Å². The van der Waals surface area contributed by atoms with Crippen LogP contribution in [0.25, 0.3) is 23.9 Å². The molecule has 8 heteroatoms. The lowest BCUT2D eigenvalue weighted by Gasteiger charge is -2.27. The van der Waals surface area contributed by atoms with Gasteiger partial charge in [0.2, 0.25) is 5.35 Å². The molecule has 0 spiro atoms. The van der Waals surface area contributed by atoms with Gasteiger partial charge in [0.25, 0.3) is 0 Å². The number of hydrogen-bond donors (Lipinski definition) is 1. The fourth-order valence-electron chi connectivity index (χ4n) is 3.66. The van der Waals surface area contributed by atoms with Crippen LogP contribution < -0.4 is 29.6 Å². The van der Waals surface area contributed by atoms with E-state index in [1.807, 2.05) is 48.2 Å². The van der Waals surface area contributed by atoms with Gasteiger partial charge >= 0.3 is 0 Å². The number of hydrogen-bond acceptors (Lipinski definition) is 6. The van der Waals surface area contributed by atoms with Gasteiger partial charge in [0.15, 0.2) is 6.20 Å². The quantitative estimate of drug-likeness (QED) is 0.344. The SMILES string of the molecule is C=c1c(=CC(=CCC)N(CCCO)c2cc(OC)cc(OC)c2)nc(-c2ccnc(Cl)c2)c[n+]1C. The second-order valence-electron chi connectivity index (χ2n) is 7.92. The maximum Gasteiger partial charge on any atom is 0.223 e. The molecule has 0 amide bonds. The molecule has 35 heavy (non-hydrogen) atoms. The molecule has 0 aliphatic heterocycles. The van der Waals surface area contributed by atoms with Gasteiger partial charge in [-0.05, 0) is 37.6 Å². The number of aliphatic hydroxyl groups excluding tert-OH is 1. The highest BCUT2D eigenvalue weighted by Crippen LogP contribution is 2.31. The van der Waals surface area contributed by atoms with Gasteiger partial charge < -0.3 is 19.5 Å². The highest BCUT2D eigenvalue weighted by Gasteiger charge is 2.15. The smallest absolute Gasteiger partial charge is 0.223 e. The molecule has 0 aliphatic carbocycles. The number of aryl methyl sites for hydroxylation is 1. The van der Waals surface area contributed by atoms with Crippen LogP contribution in [0.3, 0.4) is 0 Å². The fourth-order valence-corrected chi connectivity index (χ4v) is 3.84. The van der Waals surface area contributed by atoms with Crippen LogP contribution in [0.1, 0.15) is 19.8 Å². The summed E-state index contributed by atoms with van der Waals surface area (Å²) in [5.41, 5.74) is 3.44. The Bertz CT molecular complexity index is 1290. The van der Waals surface area contributed by atoms with Gasteiger partial charge in [-0.25, -0.2) is 9.97 Å². The van der Waals surface area contributed by atoms with Crippen molar-refractivity contribution in [3.63, 3.8) is 0 Å². The van der Waals surface area contributed by atoms with E-state index in [-0.39, 0.29) is 6.61 Å². The van der Waals surface area contributed by atoms with Crippen LogP contribution >= 0.6 is 11.6 Å². The van der Waals surface area contributed by atoms with Crippen molar-refractivity contribution < 1.29 is 19.1 Å². The average molecular weight is 496 g/mol. The average Bonchev–Trinajstić information content (AvgIpc) is 2.86. The zero-order chi connectivity index (χ0) is 25.4. The summed E-state index contributed by atoms with van der Waals surface area (Å²) >= 11 is 6.12. The topological polar surface area (TPSA) is 71.6 Å². The maximum atomic E-state index is 9.58. The predicted octanol–water partition coefficient (Wildman–Crippen LogP) is 3.01. The van der Waals surface area contributed by atoms with Gasteiger partial charge in [0.05, 0.1) is 14.2 Å². The minimum absolute atomic E-state index is 0.0725. The Morgan fingerprint density at radius 3 is 2.51 bits per heavy atom. The van der Waals surface area contributed by atoms with Crippen LogP contribution in [-0.2, 0) is 7.05 Å². The first kappa shape index (κ1) is 26.2. The molecule has 0 atom stereocenters. The summed E-state index contributed by atoms with van der Waals surface area (Å²) in [6.45, 7) is 6.98. The summed E-state index contributed by atoms with van der Waals surface area (Å²) < 4.78 is 12.9. The molecule has 0 bridgehead atoms. The van der Waals surface area contributed by atoms with E-state index in [2.05, 4.69) is 29.5 Å². The van der Waals surface area contributed by atoms with Crippen molar-refractivity contribution in [3.8, 4) is 22.8 Å². The van der Waals surface area contributed by atoms with Crippen LogP contribution in [0.15, 0.2) is 54.5 Å². The molecular weight excluding hydrogens is 464 g/mol. The van der Waals surface area contributed by atoms with Crippen molar-refractivity contribution >= 4 is 29.9 Å².